The molecule has 16 heavy (non-hydrogen) atoms. The minimum atomic E-state index is -0.779. The van der Waals surface area contributed by atoms with Gasteiger partial charge in [0.2, 0.25) is 0 Å². The van der Waals surface area contributed by atoms with Gasteiger partial charge in [0.1, 0.15) is 5.82 Å². The minimum Gasteiger partial charge on any atom is -0.481 e. The van der Waals surface area contributed by atoms with Crippen LogP contribution in [0.3, 0.4) is 0 Å². The van der Waals surface area contributed by atoms with E-state index < -0.39 is 5.97 Å². The van der Waals surface area contributed by atoms with Gasteiger partial charge < -0.3 is 5.11 Å². The maximum absolute atomic E-state index is 13.7. The fraction of sp³-hybridized carbons (Fsp3) is 0.462. The molecule has 0 unspecified atom stereocenters. The van der Waals surface area contributed by atoms with Crippen molar-refractivity contribution in [3.05, 3.63) is 35.1 Å². The van der Waals surface area contributed by atoms with E-state index in [1.807, 2.05) is 19.9 Å². The van der Waals surface area contributed by atoms with Gasteiger partial charge in [-0.3, -0.25) is 4.79 Å². The molecular formula is C13H15FO2. The van der Waals surface area contributed by atoms with Crippen molar-refractivity contribution < 1.29 is 14.3 Å². The van der Waals surface area contributed by atoms with Crippen LogP contribution in [0.1, 0.15) is 43.2 Å². The van der Waals surface area contributed by atoms with Gasteiger partial charge in [0.05, 0.1) is 5.92 Å². The molecule has 1 saturated carbocycles. The Balaban J connectivity index is 2.20. The zero-order valence-electron chi connectivity index (χ0n) is 9.40. The molecule has 1 aliphatic rings. The standard InChI is InChI=1S/C13H15FO2/c1-7(2)9-4-3-8(5-12(9)14)10-6-11(10)13(15)16/h3-5,7,10-11H,6H2,1-2H3,(H,15,16)/t10-,11+/m1/s1. The van der Waals surface area contributed by atoms with E-state index in [9.17, 15) is 9.18 Å². The van der Waals surface area contributed by atoms with Crippen LogP contribution < -0.4 is 0 Å². The molecule has 1 aliphatic carbocycles. The van der Waals surface area contributed by atoms with Gasteiger partial charge in [-0.25, -0.2) is 4.39 Å². The number of aliphatic carboxylic acids is 1. The molecule has 1 aromatic rings. The molecule has 0 spiro atoms. The lowest BCUT2D eigenvalue weighted by atomic mass is 9.99. The summed E-state index contributed by atoms with van der Waals surface area (Å²) in [6.45, 7) is 3.88. The topological polar surface area (TPSA) is 37.3 Å². The van der Waals surface area contributed by atoms with Crippen LogP contribution in [0.5, 0.6) is 0 Å². The van der Waals surface area contributed by atoms with E-state index in [1.165, 1.54) is 6.07 Å². The Labute approximate surface area is 94.1 Å². The van der Waals surface area contributed by atoms with Gasteiger partial charge in [0, 0.05) is 0 Å². The van der Waals surface area contributed by atoms with Crippen molar-refractivity contribution in [1.29, 1.82) is 0 Å². The zero-order valence-corrected chi connectivity index (χ0v) is 9.40. The molecule has 0 amide bonds. The first kappa shape index (κ1) is 11.1. The second-order valence-electron chi connectivity index (χ2n) is 4.72. The van der Waals surface area contributed by atoms with Crippen LogP contribution in [-0.2, 0) is 4.79 Å². The van der Waals surface area contributed by atoms with E-state index in [1.54, 1.807) is 6.07 Å². The highest BCUT2D eigenvalue weighted by Crippen LogP contribution is 2.47. The summed E-state index contributed by atoms with van der Waals surface area (Å²) in [6, 6.07) is 5.11. The fourth-order valence-electron chi connectivity index (χ4n) is 2.08. The summed E-state index contributed by atoms with van der Waals surface area (Å²) >= 11 is 0. The number of hydrogen-bond acceptors (Lipinski definition) is 1. The lowest BCUT2D eigenvalue weighted by molar-refractivity contribution is -0.138. The van der Waals surface area contributed by atoms with Crippen LogP contribution in [0.15, 0.2) is 18.2 Å². The van der Waals surface area contributed by atoms with Crippen LogP contribution in [0.4, 0.5) is 4.39 Å². The predicted molar refractivity (Wildman–Crippen MR) is 59.0 cm³/mol. The second-order valence-corrected chi connectivity index (χ2v) is 4.72. The smallest absolute Gasteiger partial charge is 0.307 e. The van der Waals surface area contributed by atoms with Crippen LogP contribution in [0.25, 0.3) is 0 Å². The summed E-state index contributed by atoms with van der Waals surface area (Å²) in [4.78, 5) is 10.7. The number of hydrogen-bond donors (Lipinski definition) is 1. The SMILES string of the molecule is CC(C)c1ccc([C@H]2C[C@@H]2C(=O)O)cc1F. The lowest BCUT2D eigenvalue weighted by Gasteiger charge is -2.08. The number of carboxylic acid groups (broad SMARTS) is 1. The first-order valence-corrected chi connectivity index (χ1v) is 5.53. The van der Waals surface area contributed by atoms with E-state index in [4.69, 9.17) is 5.11 Å². The molecule has 0 bridgehead atoms. The molecule has 1 fully saturated rings. The van der Waals surface area contributed by atoms with Crippen LogP contribution in [0, 0.1) is 11.7 Å². The van der Waals surface area contributed by atoms with Crippen molar-refractivity contribution in [2.24, 2.45) is 5.92 Å². The van der Waals surface area contributed by atoms with Gasteiger partial charge in [0.25, 0.3) is 0 Å². The van der Waals surface area contributed by atoms with Gasteiger partial charge in [-0.15, -0.1) is 0 Å². The molecule has 2 atom stereocenters. The number of carboxylic acids is 1. The lowest BCUT2D eigenvalue weighted by Crippen LogP contribution is -2.00. The third-order valence-corrected chi connectivity index (χ3v) is 3.18. The summed E-state index contributed by atoms with van der Waals surface area (Å²) in [5.41, 5.74) is 1.51. The monoisotopic (exact) mass is 222 g/mol. The van der Waals surface area contributed by atoms with Crippen LogP contribution >= 0.6 is 0 Å². The highest BCUT2D eigenvalue weighted by atomic mass is 19.1. The van der Waals surface area contributed by atoms with E-state index in [0.29, 0.717) is 12.0 Å². The third kappa shape index (κ3) is 1.94. The van der Waals surface area contributed by atoms with Gasteiger partial charge in [-0.05, 0) is 35.4 Å². The van der Waals surface area contributed by atoms with E-state index in [-0.39, 0.29) is 23.6 Å². The van der Waals surface area contributed by atoms with Crippen molar-refractivity contribution in [2.75, 3.05) is 0 Å². The molecule has 2 rings (SSSR count). The summed E-state index contributed by atoms with van der Waals surface area (Å²) < 4.78 is 13.7. The van der Waals surface area contributed by atoms with Crippen LogP contribution in [0.2, 0.25) is 0 Å². The summed E-state index contributed by atoms with van der Waals surface area (Å²) in [7, 11) is 0. The Bertz CT molecular complexity index is 426. The molecule has 1 aromatic carbocycles. The van der Waals surface area contributed by atoms with Gasteiger partial charge in [0.15, 0.2) is 0 Å². The maximum atomic E-state index is 13.7. The van der Waals surface area contributed by atoms with Gasteiger partial charge in [-0.1, -0.05) is 26.0 Å². The molecule has 0 radical (unpaired) electrons. The second kappa shape index (κ2) is 3.89. The van der Waals surface area contributed by atoms with E-state index in [2.05, 4.69) is 0 Å². The van der Waals surface area contributed by atoms with Crippen LogP contribution in [-0.4, -0.2) is 11.1 Å². The number of rotatable bonds is 3. The largest absolute Gasteiger partial charge is 0.481 e. The fourth-order valence-corrected chi connectivity index (χ4v) is 2.08. The summed E-state index contributed by atoms with van der Waals surface area (Å²) in [5.74, 6) is -1.15. The Morgan fingerprint density at radius 2 is 2.19 bits per heavy atom. The average Bonchev–Trinajstić information content (AvgIpc) is 2.96. The highest BCUT2D eigenvalue weighted by Gasteiger charge is 2.44. The molecule has 1 N–H and O–H groups in total. The normalized spacial score (nSPS) is 23.5. The Morgan fingerprint density at radius 3 is 2.62 bits per heavy atom. The molecule has 0 heterocycles. The molecule has 0 saturated heterocycles. The molecule has 3 heteroatoms. The van der Waals surface area contributed by atoms with Crippen molar-refractivity contribution in [3.63, 3.8) is 0 Å². The maximum Gasteiger partial charge on any atom is 0.307 e. The van der Waals surface area contributed by atoms with Crippen molar-refractivity contribution in [2.45, 2.75) is 32.1 Å². The number of carbonyl (C=O) groups is 1. The minimum absolute atomic E-state index is 0.00760. The average molecular weight is 222 g/mol. The van der Waals surface area contributed by atoms with E-state index in [0.717, 1.165) is 5.56 Å². The number of benzene rings is 1. The quantitative estimate of drug-likeness (QED) is 0.853. The van der Waals surface area contributed by atoms with Gasteiger partial charge >= 0.3 is 5.97 Å². The molecule has 86 valence electrons. The molecule has 0 aromatic heterocycles. The van der Waals surface area contributed by atoms with Gasteiger partial charge in [-0.2, -0.15) is 0 Å². The first-order valence-electron chi connectivity index (χ1n) is 5.53. The van der Waals surface area contributed by atoms with Crippen molar-refractivity contribution >= 4 is 5.97 Å². The molecule has 2 nitrogen and oxygen atoms in total. The highest BCUT2D eigenvalue weighted by molar-refractivity contribution is 5.75. The summed E-state index contributed by atoms with van der Waals surface area (Å²) in [6.07, 6.45) is 0.635. The third-order valence-electron chi connectivity index (χ3n) is 3.18. The first-order chi connectivity index (χ1) is 7.50. The Hall–Kier alpha value is -1.38. The van der Waals surface area contributed by atoms with Crippen molar-refractivity contribution in [3.8, 4) is 0 Å². The Morgan fingerprint density at radius 1 is 1.50 bits per heavy atom. The van der Waals surface area contributed by atoms with Crippen molar-refractivity contribution in [1.82, 2.24) is 0 Å². The molecular weight excluding hydrogens is 207 g/mol. The predicted octanol–water partition coefficient (Wildman–Crippen LogP) is 3.14. The molecule has 0 aliphatic heterocycles. The zero-order chi connectivity index (χ0) is 11.9. The summed E-state index contributed by atoms with van der Waals surface area (Å²) in [5, 5.41) is 8.80. The Kier molecular flexibility index (Phi) is 2.70. The number of halogens is 1. The van der Waals surface area contributed by atoms with E-state index >= 15 is 0 Å².